The molecule has 0 fully saturated rings. The Bertz CT molecular complexity index is 1550. The third-order valence-electron chi connectivity index (χ3n) is 5.34. The van der Waals surface area contributed by atoms with Crippen LogP contribution in [0.15, 0.2) is 89.7 Å². The molecule has 0 aliphatic heterocycles. The summed E-state index contributed by atoms with van der Waals surface area (Å²) in [6.07, 6.45) is 0. The first kappa shape index (κ1) is 20.5. The van der Waals surface area contributed by atoms with Crippen LogP contribution >= 0.6 is 0 Å². The zero-order valence-corrected chi connectivity index (χ0v) is 17.9. The van der Waals surface area contributed by atoms with Crippen molar-refractivity contribution in [2.75, 3.05) is 6.61 Å². The van der Waals surface area contributed by atoms with E-state index in [9.17, 15) is 9.59 Å². The van der Waals surface area contributed by atoms with E-state index in [1.165, 1.54) is 0 Å². The van der Waals surface area contributed by atoms with Gasteiger partial charge < -0.3 is 14.5 Å². The van der Waals surface area contributed by atoms with E-state index < -0.39 is 5.97 Å². The minimum Gasteiger partial charge on any atom is -0.490 e. The number of nitrogens with one attached hydrogen (secondary N) is 1. The Labute approximate surface area is 189 Å². The van der Waals surface area contributed by atoms with Crippen molar-refractivity contribution >= 4 is 27.6 Å². The number of hydrogen-bond donors (Lipinski definition) is 1. The van der Waals surface area contributed by atoms with Gasteiger partial charge in [-0.1, -0.05) is 48.5 Å². The van der Waals surface area contributed by atoms with E-state index in [0.717, 1.165) is 10.8 Å². The first-order valence-electron chi connectivity index (χ1n) is 10.6. The van der Waals surface area contributed by atoms with E-state index in [0.29, 0.717) is 46.0 Å². The van der Waals surface area contributed by atoms with Gasteiger partial charge in [0.15, 0.2) is 11.5 Å². The lowest BCUT2D eigenvalue weighted by atomic mass is 10.0. The second-order valence-corrected chi connectivity index (χ2v) is 7.44. The van der Waals surface area contributed by atoms with Crippen LogP contribution in [0.25, 0.3) is 33.1 Å². The van der Waals surface area contributed by atoms with Crippen LogP contribution in [0.1, 0.15) is 17.3 Å². The van der Waals surface area contributed by atoms with Gasteiger partial charge in [0.25, 0.3) is 5.56 Å². The minimum atomic E-state index is -0.474. The number of aromatic amines is 1. The number of esters is 1. The summed E-state index contributed by atoms with van der Waals surface area (Å²) in [6.45, 7) is 2.23. The summed E-state index contributed by atoms with van der Waals surface area (Å²) in [6, 6.07) is 25.4. The van der Waals surface area contributed by atoms with Crippen LogP contribution in [0.2, 0.25) is 0 Å². The first-order chi connectivity index (χ1) is 16.1. The Morgan fingerprint density at radius 3 is 2.48 bits per heavy atom. The van der Waals surface area contributed by atoms with Crippen molar-refractivity contribution in [2.45, 2.75) is 6.92 Å². The molecule has 0 unspecified atom stereocenters. The van der Waals surface area contributed by atoms with Gasteiger partial charge in [0.05, 0.1) is 23.1 Å². The van der Waals surface area contributed by atoms with E-state index in [4.69, 9.17) is 9.47 Å². The first-order valence-corrected chi connectivity index (χ1v) is 10.6. The molecule has 0 atom stereocenters. The Morgan fingerprint density at radius 1 is 0.879 bits per heavy atom. The highest BCUT2D eigenvalue weighted by Crippen LogP contribution is 2.33. The number of benzene rings is 4. The third kappa shape index (κ3) is 3.94. The Kier molecular flexibility index (Phi) is 5.32. The zero-order valence-electron chi connectivity index (χ0n) is 17.9. The standard InChI is InChI=1S/C27H20N2O4/c1-2-32-24-16-18(25-28-22-13-6-5-11-21(22)26(30)29-25)14-15-23(24)33-27(31)20-12-7-9-17-8-3-4-10-19(17)20/h3-16H,2H2,1H3,(H,28,29,30). The molecule has 6 nitrogen and oxygen atoms in total. The second kappa shape index (κ2) is 8.59. The number of carbonyl (C=O) groups excluding carboxylic acids is 1. The molecule has 4 aromatic carbocycles. The normalized spacial score (nSPS) is 10.9. The zero-order chi connectivity index (χ0) is 22.8. The summed E-state index contributed by atoms with van der Waals surface area (Å²) in [5.74, 6) is 0.616. The summed E-state index contributed by atoms with van der Waals surface area (Å²) < 4.78 is 11.5. The fourth-order valence-corrected chi connectivity index (χ4v) is 3.79. The molecule has 0 spiro atoms. The van der Waals surface area contributed by atoms with Crippen LogP contribution in [-0.2, 0) is 0 Å². The number of rotatable bonds is 5. The lowest BCUT2D eigenvalue weighted by Gasteiger charge is -2.13. The molecular weight excluding hydrogens is 416 g/mol. The summed E-state index contributed by atoms with van der Waals surface area (Å²) in [5.41, 5.74) is 1.49. The molecule has 162 valence electrons. The Hall–Kier alpha value is -4.45. The molecule has 5 rings (SSSR count). The van der Waals surface area contributed by atoms with Crippen LogP contribution in [0.3, 0.4) is 0 Å². The summed E-state index contributed by atoms with van der Waals surface area (Å²) >= 11 is 0. The summed E-state index contributed by atoms with van der Waals surface area (Å²) in [7, 11) is 0. The molecular formula is C27H20N2O4. The molecule has 1 heterocycles. The molecule has 0 amide bonds. The molecule has 0 aliphatic rings. The van der Waals surface area contributed by atoms with Crippen molar-refractivity contribution in [3.63, 3.8) is 0 Å². The van der Waals surface area contributed by atoms with Gasteiger partial charge >= 0.3 is 5.97 Å². The van der Waals surface area contributed by atoms with E-state index >= 15 is 0 Å². The van der Waals surface area contributed by atoms with E-state index in [1.807, 2.05) is 49.4 Å². The topological polar surface area (TPSA) is 81.3 Å². The molecule has 5 aromatic rings. The molecule has 33 heavy (non-hydrogen) atoms. The summed E-state index contributed by atoms with van der Waals surface area (Å²) in [5, 5.41) is 2.29. The maximum atomic E-state index is 13.0. The van der Waals surface area contributed by atoms with Gasteiger partial charge in [0, 0.05) is 5.56 Å². The fourth-order valence-electron chi connectivity index (χ4n) is 3.79. The van der Waals surface area contributed by atoms with Crippen molar-refractivity contribution in [3.8, 4) is 22.9 Å². The van der Waals surface area contributed by atoms with Crippen LogP contribution < -0.4 is 15.0 Å². The molecule has 0 saturated carbocycles. The van der Waals surface area contributed by atoms with Crippen molar-refractivity contribution in [1.82, 2.24) is 9.97 Å². The number of ether oxygens (including phenoxy) is 2. The molecule has 0 aliphatic carbocycles. The SMILES string of the molecule is CCOc1cc(-c2nc3ccccc3c(=O)[nH]2)ccc1OC(=O)c1cccc2ccccc12. The maximum Gasteiger partial charge on any atom is 0.344 e. The minimum absolute atomic E-state index is 0.222. The highest BCUT2D eigenvalue weighted by Gasteiger charge is 2.17. The Morgan fingerprint density at radius 2 is 1.64 bits per heavy atom. The molecule has 0 saturated heterocycles. The lowest BCUT2D eigenvalue weighted by molar-refractivity contribution is 0.0730. The maximum absolute atomic E-state index is 13.0. The smallest absolute Gasteiger partial charge is 0.344 e. The number of carbonyl (C=O) groups is 1. The molecule has 6 heteroatoms. The van der Waals surface area contributed by atoms with Gasteiger partial charge in [-0.05, 0) is 54.1 Å². The molecule has 0 radical (unpaired) electrons. The average molecular weight is 436 g/mol. The number of H-pyrrole nitrogens is 1. The largest absolute Gasteiger partial charge is 0.490 e. The lowest BCUT2D eigenvalue weighted by Crippen LogP contribution is -2.11. The van der Waals surface area contributed by atoms with E-state index in [1.54, 1.807) is 42.5 Å². The predicted octanol–water partition coefficient (Wildman–Crippen LogP) is 5.36. The highest BCUT2D eigenvalue weighted by atomic mass is 16.6. The van der Waals surface area contributed by atoms with Gasteiger partial charge in [-0.25, -0.2) is 9.78 Å². The van der Waals surface area contributed by atoms with Crippen molar-refractivity contribution in [2.24, 2.45) is 0 Å². The number of aromatic nitrogens is 2. The fraction of sp³-hybridized carbons (Fsp3) is 0.0741. The number of hydrogen-bond acceptors (Lipinski definition) is 5. The molecule has 1 N–H and O–H groups in total. The number of fused-ring (bicyclic) bond motifs is 2. The van der Waals surface area contributed by atoms with Gasteiger partial charge in [-0.3, -0.25) is 4.79 Å². The van der Waals surface area contributed by atoms with Gasteiger partial charge in [0.2, 0.25) is 0 Å². The van der Waals surface area contributed by atoms with Crippen molar-refractivity contribution in [1.29, 1.82) is 0 Å². The Balaban J connectivity index is 1.52. The van der Waals surface area contributed by atoms with E-state index in [-0.39, 0.29) is 5.56 Å². The monoisotopic (exact) mass is 436 g/mol. The van der Waals surface area contributed by atoms with E-state index in [2.05, 4.69) is 9.97 Å². The van der Waals surface area contributed by atoms with Crippen LogP contribution in [0.4, 0.5) is 0 Å². The van der Waals surface area contributed by atoms with Gasteiger partial charge in [-0.2, -0.15) is 0 Å². The van der Waals surface area contributed by atoms with Crippen molar-refractivity contribution < 1.29 is 14.3 Å². The second-order valence-electron chi connectivity index (χ2n) is 7.44. The van der Waals surface area contributed by atoms with Crippen molar-refractivity contribution in [3.05, 3.63) is 101 Å². The average Bonchev–Trinajstić information content (AvgIpc) is 2.85. The molecule has 0 bridgehead atoms. The van der Waals surface area contributed by atoms with Gasteiger partial charge in [-0.15, -0.1) is 0 Å². The summed E-state index contributed by atoms with van der Waals surface area (Å²) in [4.78, 5) is 32.8. The van der Waals surface area contributed by atoms with Gasteiger partial charge in [0.1, 0.15) is 5.82 Å². The number of nitrogens with zero attached hydrogens (tertiary/aromatic N) is 1. The third-order valence-corrected chi connectivity index (χ3v) is 5.34. The quantitative estimate of drug-likeness (QED) is 0.296. The number of para-hydroxylation sites is 1. The molecule has 1 aromatic heterocycles. The van der Waals surface area contributed by atoms with Crippen LogP contribution in [0.5, 0.6) is 11.5 Å². The van der Waals surface area contributed by atoms with Crippen LogP contribution in [-0.4, -0.2) is 22.5 Å². The predicted molar refractivity (Wildman–Crippen MR) is 128 cm³/mol. The highest BCUT2D eigenvalue weighted by molar-refractivity contribution is 6.05. The van der Waals surface area contributed by atoms with Crippen LogP contribution in [0, 0.1) is 0 Å².